The topological polar surface area (TPSA) is 81.1 Å². The Kier molecular flexibility index (Phi) is 12.4. The first kappa shape index (κ1) is 17.4. The van der Waals surface area contributed by atoms with E-state index in [-0.39, 0.29) is 11.9 Å². The Morgan fingerprint density at radius 1 is 1.06 bits per heavy atom. The van der Waals surface area contributed by atoms with Crippen LogP contribution in [0.2, 0.25) is 0 Å². The number of nitrogens with one attached hydrogen (secondary N) is 1. The Labute approximate surface area is 112 Å². The molecular weight excluding hydrogens is 226 g/mol. The van der Waals surface area contributed by atoms with Gasteiger partial charge in [-0.1, -0.05) is 45.4 Å². The maximum atomic E-state index is 11.6. The summed E-state index contributed by atoms with van der Waals surface area (Å²) in [6.45, 7) is 3.65. The fraction of sp³-hybridized carbons (Fsp3) is 0.929. The summed E-state index contributed by atoms with van der Waals surface area (Å²) >= 11 is 0. The van der Waals surface area contributed by atoms with Gasteiger partial charge < -0.3 is 16.8 Å². The molecule has 4 nitrogen and oxygen atoms in total. The summed E-state index contributed by atoms with van der Waals surface area (Å²) < 4.78 is 0. The van der Waals surface area contributed by atoms with E-state index in [1.807, 2.05) is 0 Å². The number of rotatable bonds is 12. The smallest absolute Gasteiger partial charge is 0.236 e. The van der Waals surface area contributed by atoms with Gasteiger partial charge in [0.1, 0.15) is 0 Å². The summed E-state index contributed by atoms with van der Waals surface area (Å²) in [5.74, 6) is -0.0134. The normalized spacial score (nSPS) is 12.4. The van der Waals surface area contributed by atoms with Gasteiger partial charge in [-0.15, -0.1) is 0 Å². The van der Waals surface area contributed by atoms with Gasteiger partial charge in [-0.3, -0.25) is 4.79 Å². The molecule has 0 aliphatic heterocycles. The summed E-state index contributed by atoms with van der Waals surface area (Å²) in [6.07, 6.45) is 10.0. The van der Waals surface area contributed by atoms with Crippen molar-refractivity contribution in [2.24, 2.45) is 11.5 Å². The fourth-order valence-electron chi connectivity index (χ4n) is 1.89. The van der Waals surface area contributed by atoms with E-state index < -0.39 is 0 Å². The zero-order chi connectivity index (χ0) is 13.6. The number of unbranched alkanes of at least 4 members (excludes halogenated alkanes) is 6. The SMILES string of the molecule is CCCCCCCCNC(=O)C(N)CCCCN. The molecule has 0 aromatic heterocycles. The molecule has 0 bridgehead atoms. The lowest BCUT2D eigenvalue weighted by molar-refractivity contribution is -0.122. The second kappa shape index (κ2) is 12.8. The molecule has 0 radical (unpaired) electrons. The maximum Gasteiger partial charge on any atom is 0.236 e. The van der Waals surface area contributed by atoms with Crippen molar-refractivity contribution in [2.75, 3.05) is 13.1 Å². The van der Waals surface area contributed by atoms with Crippen LogP contribution in [0.15, 0.2) is 0 Å². The largest absolute Gasteiger partial charge is 0.355 e. The van der Waals surface area contributed by atoms with Crippen molar-refractivity contribution in [3.05, 3.63) is 0 Å². The van der Waals surface area contributed by atoms with Gasteiger partial charge in [0.2, 0.25) is 5.91 Å². The van der Waals surface area contributed by atoms with Crippen molar-refractivity contribution in [1.29, 1.82) is 0 Å². The molecule has 0 aliphatic carbocycles. The van der Waals surface area contributed by atoms with Crippen LogP contribution in [0.3, 0.4) is 0 Å². The summed E-state index contributed by atoms with van der Waals surface area (Å²) in [5, 5.41) is 2.91. The quantitative estimate of drug-likeness (QED) is 0.467. The Hall–Kier alpha value is -0.610. The maximum absolute atomic E-state index is 11.6. The Morgan fingerprint density at radius 3 is 2.39 bits per heavy atom. The highest BCUT2D eigenvalue weighted by atomic mass is 16.2. The monoisotopic (exact) mass is 257 g/mol. The molecule has 0 aliphatic rings. The molecular formula is C14H31N3O. The zero-order valence-electron chi connectivity index (χ0n) is 11.9. The number of hydrogen-bond donors (Lipinski definition) is 3. The zero-order valence-corrected chi connectivity index (χ0v) is 11.9. The van der Waals surface area contributed by atoms with Crippen molar-refractivity contribution < 1.29 is 4.79 Å². The molecule has 108 valence electrons. The molecule has 0 spiro atoms. The van der Waals surface area contributed by atoms with Crippen LogP contribution in [-0.2, 0) is 4.79 Å². The highest BCUT2D eigenvalue weighted by Gasteiger charge is 2.11. The molecule has 1 amide bonds. The van der Waals surface area contributed by atoms with Gasteiger partial charge in [-0.05, 0) is 25.8 Å². The van der Waals surface area contributed by atoms with E-state index in [2.05, 4.69) is 12.2 Å². The van der Waals surface area contributed by atoms with Gasteiger partial charge in [-0.2, -0.15) is 0 Å². The van der Waals surface area contributed by atoms with Crippen LogP contribution >= 0.6 is 0 Å². The van der Waals surface area contributed by atoms with E-state index >= 15 is 0 Å². The highest BCUT2D eigenvalue weighted by molar-refractivity contribution is 5.81. The predicted octanol–water partition coefficient (Wildman–Crippen LogP) is 1.92. The molecule has 18 heavy (non-hydrogen) atoms. The first-order valence-electron chi connectivity index (χ1n) is 7.45. The van der Waals surface area contributed by atoms with E-state index in [0.717, 1.165) is 32.2 Å². The van der Waals surface area contributed by atoms with Gasteiger partial charge >= 0.3 is 0 Å². The van der Waals surface area contributed by atoms with Gasteiger partial charge in [0, 0.05) is 6.54 Å². The van der Waals surface area contributed by atoms with Crippen molar-refractivity contribution >= 4 is 5.91 Å². The molecule has 5 N–H and O–H groups in total. The predicted molar refractivity (Wildman–Crippen MR) is 77.3 cm³/mol. The third-order valence-corrected chi connectivity index (χ3v) is 3.14. The van der Waals surface area contributed by atoms with Gasteiger partial charge in [-0.25, -0.2) is 0 Å². The van der Waals surface area contributed by atoms with E-state index in [0.29, 0.717) is 6.54 Å². The highest BCUT2D eigenvalue weighted by Crippen LogP contribution is 2.04. The second-order valence-electron chi connectivity index (χ2n) is 4.95. The average Bonchev–Trinajstić information content (AvgIpc) is 2.37. The lowest BCUT2D eigenvalue weighted by atomic mass is 10.1. The summed E-state index contributed by atoms with van der Waals surface area (Å²) in [7, 11) is 0. The molecule has 0 saturated carbocycles. The summed E-state index contributed by atoms with van der Waals surface area (Å²) in [5.41, 5.74) is 11.2. The lowest BCUT2D eigenvalue weighted by Crippen LogP contribution is -2.40. The standard InChI is InChI=1S/C14H31N3O/c1-2-3-4-5-6-9-12-17-14(18)13(16)10-7-8-11-15/h13H,2-12,15-16H2,1H3,(H,17,18). The third kappa shape index (κ3) is 10.5. The second-order valence-corrected chi connectivity index (χ2v) is 4.95. The van der Waals surface area contributed by atoms with Crippen LogP contribution in [-0.4, -0.2) is 25.0 Å². The number of carbonyl (C=O) groups is 1. The van der Waals surface area contributed by atoms with E-state index in [4.69, 9.17) is 11.5 Å². The molecule has 0 fully saturated rings. The van der Waals surface area contributed by atoms with Crippen molar-refractivity contribution in [3.63, 3.8) is 0 Å². The summed E-state index contributed by atoms with van der Waals surface area (Å²) in [6, 6.07) is -0.364. The number of hydrogen-bond acceptors (Lipinski definition) is 3. The number of amides is 1. The Bertz CT molecular complexity index is 197. The number of nitrogens with two attached hydrogens (primary N) is 2. The first-order valence-corrected chi connectivity index (χ1v) is 7.45. The van der Waals surface area contributed by atoms with Crippen LogP contribution in [0.4, 0.5) is 0 Å². The van der Waals surface area contributed by atoms with E-state index in [9.17, 15) is 4.79 Å². The summed E-state index contributed by atoms with van der Waals surface area (Å²) in [4.78, 5) is 11.6. The van der Waals surface area contributed by atoms with Crippen LogP contribution < -0.4 is 16.8 Å². The molecule has 4 heteroatoms. The van der Waals surface area contributed by atoms with Gasteiger partial charge in [0.15, 0.2) is 0 Å². The van der Waals surface area contributed by atoms with Gasteiger partial charge in [0.05, 0.1) is 6.04 Å². The average molecular weight is 257 g/mol. The van der Waals surface area contributed by atoms with Crippen molar-refractivity contribution in [1.82, 2.24) is 5.32 Å². The molecule has 0 aromatic rings. The van der Waals surface area contributed by atoms with Crippen LogP contribution in [0.5, 0.6) is 0 Å². The number of carbonyl (C=O) groups excluding carboxylic acids is 1. The first-order chi connectivity index (χ1) is 8.72. The van der Waals surface area contributed by atoms with Gasteiger partial charge in [0.25, 0.3) is 0 Å². The van der Waals surface area contributed by atoms with Crippen molar-refractivity contribution in [3.8, 4) is 0 Å². The fourth-order valence-corrected chi connectivity index (χ4v) is 1.89. The molecule has 0 heterocycles. The minimum atomic E-state index is -0.364. The third-order valence-electron chi connectivity index (χ3n) is 3.14. The lowest BCUT2D eigenvalue weighted by Gasteiger charge is -2.11. The molecule has 0 aromatic carbocycles. The molecule has 0 saturated heterocycles. The van der Waals surface area contributed by atoms with E-state index in [1.165, 1.54) is 32.1 Å². The van der Waals surface area contributed by atoms with E-state index in [1.54, 1.807) is 0 Å². The van der Waals surface area contributed by atoms with Crippen LogP contribution in [0, 0.1) is 0 Å². The molecule has 1 unspecified atom stereocenters. The Morgan fingerprint density at radius 2 is 1.72 bits per heavy atom. The minimum Gasteiger partial charge on any atom is -0.355 e. The molecule has 0 rings (SSSR count). The Balaban J connectivity index is 3.35. The van der Waals surface area contributed by atoms with Crippen LogP contribution in [0.1, 0.15) is 64.7 Å². The van der Waals surface area contributed by atoms with Crippen LogP contribution in [0.25, 0.3) is 0 Å². The molecule has 1 atom stereocenters. The van der Waals surface area contributed by atoms with Crippen molar-refractivity contribution in [2.45, 2.75) is 70.8 Å². The minimum absolute atomic E-state index is 0.0134.